The summed E-state index contributed by atoms with van der Waals surface area (Å²) in [7, 11) is 0. The number of carbonyl (C=O) groups is 1. The Balaban J connectivity index is 2.55. The van der Waals surface area contributed by atoms with Gasteiger partial charge in [0.25, 0.3) is 5.91 Å². The number of benzene rings is 1. The first-order valence-corrected chi connectivity index (χ1v) is 6.84. The van der Waals surface area contributed by atoms with Crippen LogP contribution < -0.4 is 10.1 Å². The highest BCUT2D eigenvalue weighted by molar-refractivity contribution is 5.94. The van der Waals surface area contributed by atoms with E-state index in [-0.39, 0.29) is 17.7 Å². The van der Waals surface area contributed by atoms with Gasteiger partial charge in [0.1, 0.15) is 5.75 Å². The first-order chi connectivity index (χ1) is 9.67. The van der Waals surface area contributed by atoms with Gasteiger partial charge in [-0.15, -0.1) is 13.2 Å². The standard InChI is InChI=1S/C15H20F3NO2/c1-10(2)4-5-11(3)19-14(20)12-6-8-13(9-7-12)21-15(16,17)18/h6-11H,4-5H2,1-3H3,(H,19,20). The normalized spacial score (nSPS) is 13.1. The molecule has 21 heavy (non-hydrogen) atoms. The molecule has 3 nitrogen and oxygen atoms in total. The smallest absolute Gasteiger partial charge is 0.406 e. The second kappa shape index (κ2) is 7.33. The topological polar surface area (TPSA) is 38.3 Å². The third kappa shape index (κ3) is 7.02. The van der Waals surface area contributed by atoms with Gasteiger partial charge in [-0.2, -0.15) is 0 Å². The minimum absolute atomic E-state index is 0.0194. The number of halogens is 3. The van der Waals surface area contributed by atoms with Crippen molar-refractivity contribution in [1.29, 1.82) is 0 Å². The molecule has 1 aromatic rings. The fraction of sp³-hybridized carbons (Fsp3) is 0.533. The Morgan fingerprint density at radius 1 is 1.14 bits per heavy atom. The number of carbonyl (C=O) groups excluding carboxylic acids is 1. The molecular weight excluding hydrogens is 283 g/mol. The maximum absolute atomic E-state index is 12.0. The lowest BCUT2D eigenvalue weighted by Crippen LogP contribution is -2.32. The molecule has 0 heterocycles. The van der Waals surface area contributed by atoms with E-state index in [0.717, 1.165) is 25.0 Å². The molecule has 1 atom stereocenters. The zero-order chi connectivity index (χ0) is 16.0. The molecule has 1 amide bonds. The molecule has 0 aliphatic rings. The van der Waals surface area contributed by atoms with Crippen molar-refractivity contribution in [2.24, 2.45) is 5.92 Å². The molecule has 6 heteroatoms. The monoisotopic (exact) mass is 303 g/mol. The van der Waals surface area contributed by atoms with Crippen LogP contribution in [0.15, 0.2) is 24.3 Å². The summed E-state index contributed by atoms with van der Waals surface area (Å²) in [6, 6.07) is 4.89. The zero-order valence-electron chi connectivity index (χ0n) is 12.3. The highest BCUT2D eigenvalue weighted by Gasteiger charge is 2.31. The van der Waals surface area contributed by atoms with Gasteiger partial charge >= 0.3 is 6.36 Å². The van der Waals surface area contributed by atoms with Crippen molar-refractivity contribution in [2.45, 2.75) is 46.0 Å². The first-order valence-electron chi connectivity index (χ1n) is 6.84. The number of hydrogen-bond acceptors (Lipinski definition) is 2. The van der Waals surface area contributed by atoms with E-state index in [1.54, 1.807) is 0 Å². The molecule has 0 fully saturated rings. The summed E-state index contributed by atoms with van der Waals surface area (Å²) in [5.41, 5.74) is 0.306. The molecule has 0 saturated heterocycles. The van der Waals surface area contributed by atoms with Crippen LogP contribution in [0.4, 0.5) is 13.2 Å². The van der Waals surface area contributed by atoms with E-state index < -0.39 is 6.36 Å². The minimum atomic E-state index is -4.73. The Bertz CT molecular complexity index is 455. The van der Waals surface area contributed by atoms with Gasteiger partial charge in [-0.25, -0.2) is 0 Å². The molecular formula is C15H20F3NO2. The van der Waals surface area contributed by atoms with Gasteiger partial charge in [-0.05, 0) is 49.9 Å². The third-order valence-corrected chi connectivity index (χ3v) is 2.90. The van der Waals surface area contributed by atoms with Gasteiger partial charge in [0.05, 0.1) is 0 Å². The van der Waals surface area contributed by atoms with Gasteiger partial charge in [-0.1, -0.05) is 13.8 Å². The highest BCUT2D eigenvalue weighted by Crippen LogP contribution is 2.22. The van der Waals surface area contributed by atoms with E-state index in [9.17, 15) is 18.0 Å². The molecule has 0 spiro atoms. The summed E-state index contributed by atoms with van der Waals surface area (Å²) in [5.74, 6) is -0.0835. The van der Waals surface area contributed by atoms with Crippen LogP contribution in [0.25, 0.3) is 0 Å². The van der Waals surface area contributed by atoms with Crippen LogP contribution in [0, 0.1) is 5.92 Å². The van der Waals surface area contributed by atoms with Crippen molar-refractivity contribution >= 4 is 5.91 Å². The molecule has 1 aromatic carbocycles. The lowest BCUT2D eigenvalue weighted by molar-refractivity contribution is -0.274. The molecule has 0 aliphatic carbocycles. The van der Waals surface area contributed by atoms with Crippen LogP contribution in [-0.4, -0.2) is 18.3 Å². The predicted octanol–water partition coefficient (Wildman–Crippen LogP) is 4.14. The van der Waals surface area contributed by atoms with Crippen molar-refractivity contribution in [1.82, 2.24) is 5.32 Å². The molecule has 1 rings (SSSR count). The predicted molar refractivity (Wildman–Crippen MR) is 74.1 cm³/mol. The van der Waals surface area contributed by atoms with Crippen LogP contribution in [0.1, 0.15) is 44.0 Å². The number of rotatable bonds is 6. The molecule has 1 unspecified atom stereocenters. The van der Waals surface area contributed by atoms with Crippen LogP contribution in [-0.2, 0) is 0 Å². The van der Waals surface area contributed by atoms with E-state index in [1.165, 1.54) is 12.1 Å². The van der Waals surface area contributed by atoms with Crippen molar-refractivity contribution < 1.29 is 22.7 Å². The summed E-state index contributed by atoms with van der Waals surface area (Å²) >= 11 is 0. The van der Waals surface area contributed by atoms with Gasteiger partial charge in [0.2, 0.25) is 0 Å². The summed E-state index contributed by atoms with van der Waals surface area (Å²) in [6.07, 6.45) is -2.87. The molecule has 0 aliphatic heterocycles. The molecule has 1 N–H and O–H groups in total. The maximum Gasteiger partial charge on any atom is 0.573 e. The molecule has 0 saturated carbocycles. The average molecular weight is 303 g/mol. The van der Waals surface area contributed by atoms with E-state index in [0.29, 0.717) is 11.5 Å². The Morgan fingerprint density at radius 2 is 1.71 bits per heavy atom. The van der Waals surface area contributed by atoms with Crippen molar-refractivity contribution in [3.05, 3.63) is 29.8 Å². The largest absolute Gasteiger partial charge is 0.573 e. The average Bonchev–Trinajstić information content (AvgIpc) is 2.35. The SMILES string of the molecule is CC(C)CCC(C)NC(=O)c1ccc(OC(F)(F)F)cc1. The second-order valence-corrected chi connectivity index (χ2v) is 5.42. The number of alkyl halides is 3. The molecule has 0 bridgehead atoms. The quantitative estimate of drug-likeness (QED) is 0.857. The number of nitrogens with one attached hydrogen (secondary N) is 1. The molecule has 0 aromatic heterocycles. The van der Waals surface area contributed by atoms with E-state index in [4.69, 9.17) is 0 Å². The molecule has 0 radical (unpaired) electrons. The number of hydrogen-bond donors (Lipinski definition) is 1. The molecule has 118 valence electrons. The van der Waals surface area contributed by atoms with Gasteiger partial charge in [-0.3, -0.25) is 4.79 Å². The van der Waals surface area contributed by atoms with Crippen molar-refractivity contribution in [2.75, 3.05) is 0 Å². The maximum atomic E-state index is 12.0. The van der Waals surface area contributed by atoms with Gasteiger partial charge in [0, 0.05) is 11.6 Å². The zero-order valence-corrected chi connectivity index (χ0v) is 12.3. The number of ether oxygens (including phenoxy) is 1. The van der Waals surface area contributed by atoms with Crippen LogP contribution >= 0.6 is 0 Å². The van der Waals surface area contributed by atoms with Crippen LogP contribution in [0.2, 0.25) is 0 Å². The summed E-state index contributed by atoms with van der Waals surface area (Å²) < 4.78 is 39.8. The lowest BCUT2D eigenvalue weighted by atomic mass is 10.0. The lowest BCUT2D eigenvalue weighted by Gasteiger charge is -2.15. The van der Waals surface area contributed by atoms with E-state index >= 15 is 0 Å². The van der Waals surface area contributed by atoms with Gasteiger partial charge < -0.3 is 10.1 Å². The minimum Gasteiger partial charge on any atom is -0.406 e. The van der Waals surface area contributed by atoms with E-state index in [1.807, 2.05) is 6.92 Å². The summed E-state index contributed by atoms with van der Waals surface area (Å²) in [4.78, 5) is 11.9. The fourth-order valence-corrected chi connectivity index (χ4v) is 1.77. The van der Waals surface area contributed by atoms with E-state index in [2.05, 4.69) is 23.9 Å². The van der Waals surface area contributed by atoms with Crippen LogP contribution in [0.5, 0.6) is 5.75 Å². The van der Waals surface area contributed by atoms with Crippen molar-refractivity contribution in [3.63, 3.8) is 0 Å². The Hall–Kier alpha value is -1.72. The Kier molecular flexibility index (Phi) is 6.05. The Morgan fingerprint density at radius 3 is 2.19 bits per heavy atom. The second-order valence-electron chi connectivity index (χ2n) is 5.42. The third-order valence-electron chi connectivity index (χ3n) is 2.90. The first kappa shape index (κ1) is 17.3. The van der Waals surface area contributed by atoms with Crippen LogP contribution in [0.3, 0.4) is 0 Å². The summed E-state index contributed by atoms with van der Waals surface area (Å²) in [5, 5.41) is 2.82. The fourth-order valence-electron chi connectivity index (χ4n) is 1.77. The highest BCUT2D eigenvalue weighted by atomic mass is 19.4. The Labute approximate surface area is 122 Å². The van der Waals surface area contributed by atoms with Gasteiger partial charge in [0.15, 0.2) is 0 Å². The van der Waals surface area contributed by atoms with Crippen molar-refractivity contribution in [3.8, 4) is 5.75 Å². The summed E-state index contributed by atoms with van der Waals surface area (Å²) in [6.45, 7) is 6.11. The number of amides is 1.